The molecule has 1 aliphatic rings. The zero-order chi connectivity index (χ0) is 22.8. The van der Waals surface area contributed by atoms with Gasteiger partial charge in [-0.25, -0.2) is 14.4 Å². The standard InChI is InChI=1S/C23H28ClNO6/c1-5-6-8-14-11-20(26)29-18-13-19(16(24)12-15(14)18)30-21(27)17-9-7-10-25(17)22(28)31-23(2,3)4/h11-13,17H,5-10H2,1-4H3/t17-/m0/s1. The Balaban J connectivity index is 1.84. The number of benzene rings is 1. The molecule has 2 heterocycles. The van der Waals surface area contributed by atoms with Crippen molar-refractivity contribution in [2.24, 2.45) is 0 Å². The van der Waals surface area contributed by atoms with Gasteiger partial charge in [-0.05, 0) is 58.1 Å². The van der Waals surface area contributed by atoms with E-state index in [9.17, 15) is 14.4 Å². The van der Waals surface area contributed by atoms with Gasteiger partial charge < -0.3 is 13.9 Å². The van der Waals surface area contributed by atoms with Crippen LogP contribution >= 0.6 is 11.6 Å². The number of rotatable bonds is 5. The number of amides is 1. The number of hydrogen-bond acceptors (Lipinski definition) is 6. The Morgan fingerprint density at radius 1 is 1.26 bits per heavy atom. The summed E-state index contributed by atoms with van der Waals surface area (Å²) in [7, 11) is 0. The van der Waals surface area contributed by atoms with Gasteiger partial charge in [-0.2, -0.15) is 0 Å². The van der Waals surface area contributed by atoms with Crippen molar-refractivity contribution in [3.8, 4) is 5.75 Å². The largest absolute Gasteiger partial charge is 0.444 e. The molecule has 1 aromatic carbocycles. The monoisotopic (exact) mass is 449 g/mol. The number of carbonyl (C=O) groups is 2. The van der Waals surface area contributed by atoms with Gasteiger partial charge >= 0.3 is 17.7 Å². The summed E-state index contributed by atoms with van der Waals surface area (Å²) in [6.45, 7) is 7.79. The van der Waals surface area contributed by atoms with Crippen molar-refractivity contribution in [3.63, 3.8) is 0 Å². The quantitative estimate of drug-likeness (QED) is 0.359. The molecular formula is C23H28ClNO6. The molecule has 0 saturated carbocycles. The predicted molar refractivity (Wildman–Crippen MR) is 118 cm³/mol. The highest BCUT2D eigenvalue weighted by Crippen LogP contribution is 2.33. The van der Waals surface area contributed by atoms with Crippen LogP contribution in [-0.2, 0) is 16.0 Å². The molecule has 1 amide bonds. The highest BCUT2D eigenvalue weighted by atomic mass is 35.5. The number of likely N-dealkylation sites (tertiary alicyclic amines) is 1. The molecule has 0 unspecified atom stereocenters. The topological polar surface area (TPSA) is 86.0 Å². The summed E-state index contributed by atoms with van der Waals surface area (Å²) in [6.07, 6.45) is 3.22. The van der Waals surface area contributed by atoms with Gasteiger partial charge in [0.1, 0.15) is 17.2 Å². The van der Waals surface area contributed by atoms with E-state index in [0.29, 0.717) is 30.4 Å². The van der Waals surface area contributed by atoms with E-state index in [-0.39, 0.29) is 10.8 Å². The number of hydrogen-bond donors (Lipinski definition) is 0. The van der Waals surface area contributed by atoms with Crippen molar-refractivity contribution in [2.45, 2.75) is 71.4 Å². The molecule has 3 rings (SSSR count). The van der Waals surface area contributed by atoms with E-state index in [1.807, 2.05) is 0 Å². The zero-order valence-corrected chi connectivity index (χ0v) is 19.1. The first-order chi connectivity index (χ1) is 14.6. The summed E-state index contributed by atoms with van der Waals surface area (Å²) in [5.74, 6) is -0.514. The summed E-state index contributed by atoms with van der Waals surface area (Å²) in [4.78, 5) is 38.6. The van der Waals surface area contributed by atoms with Crippen LogP contribution in [0.3, 0.4) is 0 Å². The Hall–Kier alpha value is -2.54. The number of nitrogens with zero attached hydrogens (tertiary/aromatic N) is 1. The fraction of sp³-hybridized carbons (Fsp3) is 0.522. The molecule has 0 N–H and O–H groups in total. The molecule has 2 aromatic rings. The Morgan fingerprint density at radius 3 is 2.68 bits per heavy atom. The summed E-state index contributed by atoms with van der Waals surface area (Å²) in [5, 5.41) is 0.948. The number of carbonyl (C=O) groups excluding carboxylic acids is 2. The Bertz CT molecular complexity index is 1040. The maximum atomic E-state index is 12.8. The van der Waals surface area contributed by atoms with E-state index in [1.165, 1.54) is 17.0 Å². The highest BCUT2D eigenvalue weighted by molar-refractivity contribution is 6.33. The number of unbranched alkanes of at least 4 members (excludes halogenated alkanes) is 1. The molecule has 1 fully saturated rings. The fourth-order valence-corrected chi connectivity index (χ4v) is 3.81. The minimum Gasteiger partial charge on any atom is -0.444 e. The van der Waals surface area contributed by atoms with Crippen LogP contribution in [-0.4, -0.2) is 35.2 Å². The van der Waals surface area contributed by atoms with E-state index in [2.05, 4.69) is 6.92 Å². The van der Waals surface area contributed by atoms with Crippen molar-refractivity contribution < 1.29 is 23.5 Å². The molecule has 1 saturated heterocycles. The van der Waals surface area contributed by atoms with E-state index < -0.39 is 29.3 Å². The number of halogens is 1. The molecule has 0 bridgehead atoms. The normalized spacial score (nSPS) is 16.5. The second kappa shape index (κ2) is 9.30. The van der Waals surface area contributed by atoms with E-state index in [1.54, 1.807) is 26.8 Å². The van der Waals surface area contributed by atoms with Gasteiger partial charge in [0.2, 0.25) is 0 Å². The molecule has 168 valence electrons. The average molecular weight is 450 g/mol. The summed E-state index contributed by atoms with van der Waals surface area (Å²) in [6, 6.07) is 3.81. The number of esters is 1. The fourth-order valence-electron chi connectivity index (χ4n) is 3.61. The lowest BCUT2D eigenvalue weighted by Crippen LogP contribution is -2.44. The molecule has 0 aliphatic carbocycles. The van der Waals surface area contributed by atoms with Crippen LogP contribution in [0.25, 0.3) is 11.0 Å². The lowest BCUT2D eigenvalue weighted by atomic mass is 10.0. The van der Waals surface area contributed by atoms with Gasteiger partial charge in [0, 0.05) is 24.1 Å². The molecule has 31 heavy (non-hydrogen) atoms. The van der Waals surface area contributed by atoms with Crippen LogP contribution in [0, 0.1) is 0 Å². The van der Waals surface area contributed by atoms with Gasteiger partial charge in [-0.15, -0.1) is 0 Å². The van der Waals surface area contributed by atoms with Gasteiger partial charge in [-0.3, -0.25) is 4.90 Å². The second-order valence-corrected chi connectivity index (χ2v) is 9.13. The highest BCUT2D eigenvalue weighted by Gasteiger charge is 2.38. The number of aryl methyl sites for hydroxylation is 1. The Morgan fingerprint density at radius 2 is 2.00 bits per heavy atom. The molecule has 0 radical (unpaired) electrons. The maximum absolute atomic E-state index is 12.8. The molecule has 1 atom stereocenters. The minimum absolute atomic E-state index is 0.0889. The van der Waals surface area contributed by atoms with Crippen LogP contribution in [0.5, 0.6) is 5.75 Å². The van der Waals surface area contributed by atoms with Gasteiger partial charge in [-0.1, -0.05) is 24.9 Å². The smallest absolute Gasteiger partial charge is 0.411 e. The molecule has 8 heteroatoms. The van der Waals surface area contributed by atoms with Gasteiger partial charge in [0.05, 0.1) is 5.02 Å². The third kappa shape index (κ3) is 5.58. The van der Waals surface area contributed by atoms with Crippen molar-refractivity contribution in [1.82, 2.24) is 4.90 Å². The molecule has 7 nitrogen and oxygen atoms in total. The predicted octanol–water partition coefficient (Wildman–Crippen LogP) is 5.09. The molecule has 1 aromatic heterocycles. The third-order valence-electron chi connectivity index (χ3n) is 5.05. The summed E-state index contributed by atoms with van der Waals surface area (Å²) >= 11 is 6.38. The number of fused-ring (bicyclic) bond motifs is 1. The average Bonchev–Trinajstić information content (AvgIpc) is 3.16. The van der Waals surface area contributed by atoms with Crippen LogP contribution < -0.4 is 10.4 Å². The van der Waals surface area contributed by atoms with E-state index in [0.717, 1.165) is 24.8 Å². The minimum atomic E-state index is -0.760. The maximum Gasteiger partial charge on any atom is 0.411 e. The Labute approximate surface area is 186 Å². The SMILES string of the molecule is CCCCc1cc(=O)oc2cc(OC(=O)[C@@H]3CCCN3C(=O)OC(C)(C)C)c(Cl)cc12. The summed E-state index contributed by atoms with van der Waals surface area (Å²) < 4.78 is 16.2. The van der Waals surface area contributed by atoms with E-state index >= 15 is 0 Å². The van der Waals surface area contributed by atoms with Crippen molar-refractivity contribution in [3.05, 3.63) is 39.2 Å². The first-order valence-corrected chi connectivity index (χ1v) is 10.9. The van der Waals surface area contributed by atoms with Crippen molar-refractivity contribution in [1.29, 1.82) is 0 Å². The van der Waals surface area contributed by atoms with Crippen molar-refractivity contribution >= 4 is 34.6 Å². The molecule has 0 spiro atoms. The first kappa shape index (κ1) is 23.1. The van der Waals surface area contributed by atoms with Crippen LogP contribution in [0.15, 0.2) is 27.4 Å². The third-order valence-corrected chi connectivity index (χ3v) is 5.34. The van der Waals surface area contributed by atoms with Crippen LogP contribution in [0.4, 0.5) is 4.79 Å². The Kier molecular flexibility index (Phi) is 6.94. The van der Waals surface area contributed by atoms with Gasteiger partial charge in [0.25, 0.3) is 0 Å². The first-order valence-electron chi connectivity index (χ1n) is 10.6. The van der Waals surface area contributed by atoms with Crippen LogP contribution in [0.2, 0.25) is 5.02 Å². The molecular weight excluding hydrogens is 422 g/mol. The summed E-state index contributed by atoms with van der Waals surface area (Å²) in [5.41, 5.74) is 0.0223. The second-order valence-electron chi connectivity index (χ2n) is 8.73. The molecule has 1 aliphatic heterocycles. The lowest BCUT2D eigenvalue weighted by Gasteiger charge is -2.27. The number of ether oxygens (including phenoxy) is 2. The zero-order valence-electron chi connectivity index (χ0n) is 18.3. The van der Waals surface area contributed by atoms with E-state index in [4.69, 9.17) is 25.5 Å². The lowest BCUT2D eigenvalue weighted by molar-refractivity contribution is -0.139. The van der Waals surface area contributed by atoms with Crippen molar-refractivity contribution in [2.75, 3.05) is 6.54 Å². The van der Waals surface area contributed by atoms with Gasteiger partial charge in [0.15, 0.2) is 5.75 Å². The van der Waals surface area contributed by atoms with Crippen LogP contribution in [0.1, 0.15) is 58.9 Å².